The van der Waals surface area contributed by atoms with E-state index >= 15 is 0 Å². The molecule has 1 N–H and O–H groups in total. The molecule has 0 heterocycles. The van der Waals surface area contributed by atoms with Crippen LogP contribution >= 0.6 is 0 Å². The van der Waals surface area contributed by atoms with Crippen LogP contribution in [0.25, 0.3) is 0 Å². The van der Waals surface area contributed by atoms with Gasteiger partial charge in [-0.2, -0.15) is 5.26 Å². The molecule has 0 fully saturated rings. The molecule has 6 nitrogen and oxygen atoms in total. The number of hydrogen-bond donors (Lipinski definition) is 1. The van der Waals surface area contributed by atoms with Crippen molar-refractivity contribution in [1.29, 1.82) is 5.26 Å². The van der Waals surface area contributed by atoms with Crippen LogP contribution < -0.4 is 9.47 Å². The summed E-state index contributed by atoms with van der Waals surface area (Å²) in [6.07, 6.45) is 3.85. The Morgan fingerprint density at radius 2 is 2.08 bits per heavy atom. The number of carbonyl (C=O) groups is 1. The van der Waals surface area contributed by atoms with E-state index in [-0.39, 0.29) is 0 Å². The first kappa shape index (κ1) is 18.7. The summed E-state index contributed by atoms with van der Waals surface area (Å²) < 4.78 is 10.7. The smallest absolute Gasteiger partial charge is 0.341 e. The number of carboxylic acid groups (broad SMARTS) is 1. The van der Waals surface area contributed by atoms with Gasteiger partial charge in [0.1, 0.15) is 0 Å². The highest BCUT2D eigenvalue weighted by Gasteiger charge is 2.13. The molecule has 0 spiro atoms. The first-order valence-corrected chi connectivity index (χ1v) is 7.78. The highest BCUT2D eigenvalue weighted by molar-refractivity contribution is 5.84. The van der Waals surface area contributed by atoms with Gasteiger partial charge in [0.25, 0.3) is 0 Å². The molecule has 132 valence electrons. The van der Waals surface area contributed by atoms with Crippen LogP contribution in [-0.2, 0) is 11.2 Å². The SMILES string of the molecule is C=CCc1cc(C=Nc2ccc(C#N)cc2)cc(OC)c1OCC(=O)O. The van der Waals surface area contributed by atoms with Gasteiger partial charge in [0.15, 0.2) is 18.1 Å². The fourth-order valence-corrected chi connectivity index (χ4v) is 2.29. The second-order valence-corrected chi connectivity index (χ2v) is 5.30. The van der Waals surface area contributed by atoms with E-state index in [4.69, 9.17) is 19.8 Å². The number of rotatable bonds is 8. The minimum atomic E-state index is -1.07. The van der Waals surface area contributed by atoms with E-state index in [0.717, 1.165) is 11.1 Å². The van der Waals surface area contributed by atoms with E-state index in [0.29, 0.717) is 29.2 Å². The first-order chi connectivity index (χ1) is 12.6. The molecule has 0 unspecified atom stereocenters. The molecule has 0 aromatic heterocycles. The molecular formula is C20H18N2O4. The third-order valence-corrected chi connectivity index (χ3v) is 3.44. The summed E-state index contributed by atoms with van der Waals surface area (Å²) in [5.41, 5.74) is 2.80. The van der Waals surface area contributed by atoms with E-state index in [2.05, 4.69) is 17.6 Å². The largest absolute Gasteiger partial charge is 0.493 e. The van der Waals surface area contributed by atoms with Crippen molar-refractivity contribution >= 4 is 17.9 Å². The lowest BCUT2D eigenvalue weighted by Crippen LogP contribution is -2.11. The number of nitrogens with zero attached hydrogens (tertiary/aromatic N) is 2. The number of allylic oxidation sites excluding steroid dienone is 1. The maximum Gasteiger partial charge on any atom is 0.341 e. The van der Waals surface area contributed by atoms with Gasteiger partial charge >= 0.3 is 5.97 Å². The quantitative estimate of drug-likeness (QED) is 0.581. The predicted octanol–water partition coefficient (Wildman–Crippen LogP) is 3.51. The van der Waals surface area contributed by atoms with E-state index in [1.807, 2.05) is 6.07 Å². The zero-order chi connectivity index (χ0) is 18.9. The second kappa shape index (κ2) is 9.04. The maximum absolute atomic E-state index is 10.8. The average Bonchev–Trinajstić information content (AvgIpc) is 2.65. The van der Waals surface area contributed by atoms with Crippen molar-refractivity contribution < 1.29 is 19.4 Å². The zero-order valence-corrected chi connectivity index (χ0v) is 14.3. The van der Waals surface area contributed by atoms with Crippen LogP contribution in [0, 0.1) is 11.3 Å². The normalized spacial score (nSPS) is 10.3. The number of nitriles is 1. The molecule has 0 bridgehead atoms. The number of hydrogen-bond acceptors (Lipinski definition) is 5. The Hall–Kier alpha value is -3.59. The third kappa shape index (κ3) is 4.95. The molecule has 0 aliphatic heterocycles. The fraction of sp³-hybridized carbons (Fsp3) is 0.150. The van der Waals surface area contributed by atoms with Crippen molar-refractivity contribution in [1.82, 2.24) is 0 Å². The van der Waals surface area contributed by atoms with Crippen molar-refractivity contribution in [2.45, 2.75) is 6.42 Å². The molecular weight excluding hydrogens is 332 g/mol. The summed E-state index contributed by atoms with van der Waals surface area (Å²) in [5.74, 6) is -0.264. The number of benzene rings is 2. The topological polar surface area (TPSA) is 91.9 Å². The minimum absolute atomic E-state index is 0.380. The molecule has 6 heteroatoms. The fourth-order valence-electron chi connectivity index (χ4n) is 2.29. The van der Waals surface area contributed by atoms with Crippen molar-refractivity contribution in [2.24, 2.45) is 4.99 Å². The predicted molar refractivity (Wildman–Crippen MR) is 98.4 cm³/mol. The van der Waals surface area contributed by atoms with Crippen molar-refractivity contribution in [3.05, 3.63) is 65.7 Å². The number of aliphatic imine (C=N–C) groups is 1. The van der Waals surface area contributed by atoms with Gasteiger partial charge < -0.3 is 14.6 Å². The average molecular weight is 350 g/mol. The molecule has 0 radical (unpaired) electrons. The summed E-state index contributed by atoms with van der Waals surface area (Å²) in [6.45, 7) is 3.26. The molecule has 2 aromatic rings. The lowest BCUT2D eigenvalue weighted by molar-refractivity contribution is -0.139. The summed E-state index contributed by atoms with van der Waals surface area (Å²) in [7, 11) is 1.49. The van der Waals surface area contributed by atoms with E-state index < -0.39 is 12.6 Å². The molecule has 2 aromatic carbocycles. The summed E-state index contributed by atoms with van der Waals surface area (Å²) in [5, 5.41) is 17.7. The third-order valence-electron chi connectivity index (χ3n) is 3.44. The van der Waals surface area contributed by atoms with Crippen molar-refractivity contribution in [3.63, 3.8) is 0 Å². The van der Waals surface area contributed by atoms with Gasteiger partial charge in [-0.25, -0.2) is 4.79 Å². The number of methoxy groups -OCH3 is 1. The van der Waals surface area contributed by atoms with Crippen LogP contribution in [0.5, 0.6) is 11.5 Å². The van der Waals surface area contributed by atoms with Crippen LogP contribution in [0.3, 0.4) is 0 Å². The van der Waals surface area contributed by atoms with Gasteiger partial charge in [0.2, 0.25) is 0 Å². The summed E-state index contributed by atoms with van der Waals surface area (Å²) in [4.78, 5) is 15.2. The van der Waals surface area contributed by atoms with Crippen LogP contribution in [0.4, 0.5) is 5.69 Å². The molecule has 0 aliphatic carbocycles. The van der Waals surface area contributed by atoms with E-state index in [9.17, 15) is 4.79 Å². The highest BCUT2D eigenvalue weighted by Crippen LogP contribution is 2.33. The van der Waals surface area contributed by atoms with Gasteiger partial charge in [-0.3, -0.25) is 4.99 Å². The minimum Gasteiger partial charge on any atom is -0.493 e. The summed E-state index contributed by atoms with van der Waals surface area (Å²) >= 11 is 0. The molecule has 0 amide bonds. The lowest BCUT2D eigenvalue weighted by atomic mass is 10.1. The first-order valence-electron chi connectivity index (χ1n) is 7.78. The van der Waals surface area contributed by atoms with Crippen molar-refractivity contribution in [3.8, 4) is 17.6 Å². The molecule has 0 saturated carbocycles. The zero-order valence-electron chi connectivity index (χ0n) is 14.3. The molecule has 0 aliphatic rings. The Bertz CT molecular complexity index is 865. The monoisotopic (exact) mass is 350 g/mol. The van der Waals surface area contributed by atoms with Crippen LogP contribution in [0.2, 0.25) is 0 Å². The van der Waals surface area contributed by atoms with Gasteiger partial charge in [-0.05, 0) is 48.4 Å². The molecule has 26 heavy (non-hydrogen) atoms. The highest BCUT2D eigenvalue weighted by atomic mass is 16.5. The Kier molecular flexibility index (Phi) is 6.52. The summed E-state index contributed by atoms with van der Waals surface area (Å²) in [6, 6.07) is 12.5. The maximum atomic E-state index is 10.8. The Labute approximate surface area is 151 Å². The van der Waals surface area contributed by atoms with E-state index in [1.165, 1.54) is 7.11 Å². The van der Waals surface area contributed by atoms with Gasteiger partial charge in [0, 0.05) is 11.8 Å². The Morgan fingerprint density at radius 1 is 1.35 bits per heavy atom. The van der Waals surface area contributed by atoms with Crippen molar-refractivity contribution in [2.75, 3.05) is 13.7 Å². The van der Waals surface area contributed by atoms with Crippen LogP contribution in [0.15, 0.2) is 54.0 Å². The Morgan fingerprint density at radius 3 is 2.65 bits per heavy atom. The molecule has 0 atom stereocenters. The molecule has 2 rings (SSSR count). The number of carboxylic acids is 1. The number of aliphatic carboxylic acids is 1. The lowest BCUT2D eigenvalue weighted by Gasteiger charge is -2.14. The van der Waals surface area contributed by atoms with Crippen LogP contribution in [0.1, 0.15) is 16.7 Å². The van der Waals surface area contributed by atoms with Crippen LogP contribution in [-0.4, -0.2) is 31.0 Å². The second-order valence-electron chi connectivity index (χ2n) is 5.30. The van der Waals surface area contributed by atoms with E-state index in [1.54, 1.807) is 42.6 Å². The van der Waals surface area contributed by atoms with Gasteiger partial charge in [-0.1, -0.05) is 6.08 Å². The number of ether oxygens (including phenoxy) is 2. The van der Waals surface area contributed by atoms with Gasteiger partial charge in [0.05, 0.1) is 24.4 Å². The Balaban J connectivity index is 2.34. The standard InChI is InChI=1S/C20H18N2O4/c1-3-4-16-9-15(10-18(25-2)20(16)26-13-19(23)24)12-22-17-7-5-14(11-21)6-8-17/h3,5-10,12H,1,4,13H2,2H3,(H,23,24). The molecule has 0 saturated heterocycles. The van der Waals surface area contributed by atoms with Gasteiger partial charge in [-0.15, -0.1) is 6.58 Å².